The summed E-state index contributed by atoms with van der Waals surface area (Å²) in [5.74, 6) is 0. The molecule has 0 radical (unpaired) electrons. The molecule has 1 aliphatic heterocycles. The van der Waals surface area contributed by atoms with E-state index in [1.807, 2.05) is 4.90 Å². The molecule has 7 nitrogen and oxygen atoms in total. The van der Waals surface area contributed by atoms with Crippen molar-refractivity contribution in [3.8, 4) is 0 Å². The van der Waals surface area contributed by atoms with Gasteiger partial charge in [0.2, 0.25) is 0 Å². The summed E-state index contributed by atoms with van der Waals surface area (Å²) in [5, 5.41) is 9.18. The third-order valence-corrected chi connectivity index (χ3v) is 5.45. The van der Waals surface area contributed by atoms with Crippen LogP contribution in [-0.2, 0) is 4.74 Å². The summed E-state index contributed by atoms with van der Waals surface area (Å²) in [6, 6.07) is 0.161. The number of rotatable bonds is 3. The number of aromatic amines is 1. The predicted molar refractivity (Wildman–Crippen MR) is 91.5 cm³/mol. The number of halogens is 1. The average molecular weight is 355 g/mol. The summed E-state index contributed by atoms with van der Waals surface area (Å²) in [5.41, 5.74) is 0.272. The van der Waals surface area contributed by atoms with E-state index in [4.69, 9.17) is 16.3 Å². The van der Waals surface area contributed by atoms with Crippen LogP contribution in [-0.4, -0.2) is 41.5 Å². The van der Waals surface area contributed by atoms with Crippen molar-refractivity contribution >= 4 is 23.4 Å². The monoisotopic (exact) mass is 354 g/mol. The first-order valence-corrected chi connectivity index (χ1v) is 8.70. The van der Waals surface area contributed by atoms with E-state index < -0.39 is 5.56 Å². The molecular weight excluding hydrogens is 332 g/mol. The molecule has 2 atom stereocenters. The van der Waals surface area contributed by atoms with Gasteiger partial charge in [0.05, 0.1) is 18.4 Å². The van der Waals surface area contributed by atoms with Crippen molar-refractivity contribution in [2.75, 3.05) is 18.0 Å². The molecule has 2 N–H and O–H groups in total. The fraction of sp³-hybridized carbons (Fsp3) is 0.688. The van der Waals surface area contributed by atoms with Crippen molar-refractivity contribution in [1.29, 1.82) is 0 Å². The zero-order valence-corrected chi connectivity index (χ0v) is 14.7. The molecule has 1 unspecified atom stereocenters. The number of hydrogen-bond acceptors (Lipinski definition) is 5. The minimum atomic E-state index is -0.417. The van der Waals surface area contributed by atoms with Gasteiger partial charge in [-0.2, -0.15) is 5.10 Å². The third-order valence-electron chi connectivity index (χ3n) is 5.09. The highest BCUT2D eigenvalue weighted by Crippen LogP contribution is 2.37. The molecule has 3 rings (SSSR count). The maximum Gasteiger partial charge on any atom is 0.407 e. The Balaban J connectivity index is 1.55. The number of amides is 1. The number of H-pyrrole nitrogens is 1. The number of carbonyl (C=O) groups is 1. The standard InChI is InChI=1S/C16H23ClN4O3/c1-16(2)6-3-4-12(16)19-15(23)24-10-5-7-21(9-10)11-8-18-20-14(22)13(11)17/h8,10,12H,3-7,9H2,1-2H3,(H,19,23)(H,20,22)/t10-,12?/m1/s1. The summed E-state index contributed by atoms with van der Waals surface area (Å²) in [7, 11) is 0. The molecule has 8 heteroatoms. The van der Waals surface area contributed by atoms with Crippen LogP contribution in [0.15, 0.2) is 11.0 Å². The van der Waals surface area contributed by atoms with Crippen LogP contribution in [0, 0.1) is 5.41 Å². The van der Waals surface area contributed by atoms with Crippen molar-refractivity contribution < 1.29 is 9.53 Å². The first-order chi connectivity index (χ1) is 11.4. The Morgan fingerprint density at radius 3 is 3.00 bits per heavy atom. The largest absolute Gasteiger partial charge is 0.444 e. The van der Waals surface area contributed by atoms with Crippen LogP contribution < -0.4 is 15.8 Å². The SMILES string of the molecule is CC1(C)CCCC1NC(=O)O[C@@H]1CCN(c2cn[nH]c(=O)c2Cl)C1. The van der Waals surface area contributed by atoms with Crippen LogP contribution in [0.25, 0.3) is 0 Å². The van der Waals surface area contributed by atoms with Gasteiger partial charge in [-0.25, -0.2) is 9.89 Å². The summed E-state index contributed by atoms with van der Waals surface area (Å²) in [6.45, 7) is 5.51. The molecule has 1 aliphatic carbocycles. The Hall–Kier alpha value is -1.76. The summed E-state index contributed by atoms with van der Waals surface area (Å²) in [6.07, 6.45) is 4.87. The van der Waals surface area contributed by atoms with Crippen LogP contribution in [0.5, 0.6) is 0 Å². The zero-order valence-electron chi connectivity index (χ0n) is 14.0. The van der Waals surface area contributed by atoms with Gasteiger partial charge in [-0.1, -0.05) is 31.9 Å². The van der Waals surface area contributed by atoms with Gasteiger partial charge in [-0.3, -0.25) is 4.79 Å². The minimum absolute atomic E-state index is 0.114. The number of ether oxygens (including phenoxy) is 1. The Morgan fingerprint density at radius 1 is 1.50 bits per heavy atom. The van der Waals surface area contributed by atoms with Gasteiger partial charge in [0.15, 0.2) is 0 Å². The lowest BCUT2D eigenvalue weighted by molar-refractivity contribution is 0.0992. The van der Waals surface area contributed by atoms with Crippen molar-refractivity contribution in [3.63, 3.8) is 0 Å². The predicted octanol–water partition coefficient (Wildman–Crippen LogP) is 2.31. The molecule has 1 aromatic rings. The lowest BCUT2D eigenvalue weighted by Crippen LogP contribution is -2.43. The molecule has 0 bridgehead atoms. The van der Waals surface area contributed by atoms with Crippen LogP contribution in [0.1, 0.15) is 39.5 Å². The average Bonchev–Trinajstić information content (AvgIpc) is 3.09. The van der Waals surface area contributed by atoms with Gasteiger partial charge in [-0.15, -0.1) is 0 Å². The minimum Gasteiger partial charge on any atom is -0.444 e. The van der Waals surface area contributed by atoms with Crippen LogP contribution >= 0.6 is 11.6 Å². The lowest BCUT2D eigenvalue weighted by Gasteiger charge is -2.28. The van der Waals surface area contributed by atoms with Gasteiger partial charge in [0.25, 0.3) is 5.56 Å². The summed E-state index contributed by atoms with van der Waals surface area (Å²) in [4.78, 5) is 25.6. The Bertz CT molecular complexity index is 676. The van der Waals surface area contributed by atoms with Crippen LogP contribution in [0.4, 0.5) is 10.5 Å². The number of aromatic nitrogens is 2. The quantitative estimate of drug-likeness (QED) is 0.869. The summed E-state index contributed by atoms with van der Waals surface area (Å²) >= 11 is 6.03. The van der Waals surface area contributed by atoms with Gasteiger partial charge < -0.3 is 15.0 Å². The summed E-state index contributed by atoms with van der Waals surface area (Å²) < 4.78 is 5.55. The van der Waals surface area contributed by atoms with Crippen LogP contribution in [0.3, 0.4) is 0 Å². The fourth-order valence-corrected chi connectivity index (χ4v) is 3.77. The molecule has 2 heterocycles. The second kappa shape index (κ2) is 6.63. The van der Waals surface area contributed by atoms with E-state index in [9.17, 15) is 9.59 Å². The van der Waals surface area contributed by atoms with E-state index in [0.717, 1.165) is 19.3 Å². The molecule has 2 aliphatic rings. The molecule has 2 fully saturated rings. The molecular formula is C16H23ClN4O3. The first kappa shape index (κ1) is 17.1. The van der Waals surface area contributed by atoms with Crippen molar-refractivity contribution in [1.82, 2.24) is 15.5 Å². The van der Waals surface area contributed by atoms with Gasteiger partial charge >= 0.3 is 6.09 Å². The maximum atomic E-state index is 12.2. The maximum absolute atomic E-state index is 12.2. The molecule has 0 aromatic carbocycles. The Labute approximate surface area is 145 Å². The van der Waals surface area contributed by atoms with E-state index in [1.165, 1.54) is 6.20 Å². The second-order valence-corrected chi connectivity index (χ2v) is 7.62. The third kappa shape index (κ3) is 3.50. The van der Waals surface area contributed by atoms with E-state index in [-0.39, 0.29) is 28.7 Å². The zero-order chi connectivity index (χ0) is 17.3. The molecule has 0 spiro atoms. The Morgan fingerprint density at radius 2 is 2.29 bits per heavy atom. The highest BCUT2D eigenvalue weighted by Gasteiger charge is 2.36. The van der Waals surface area contributed by atoms with Crippen molar-refractivity contribution in [2.24, 2.45) is 5.41 Å². The number of nitrogens with one attached hydrogen (secondary N) is 2. The fourth-order valence-electron chi connectivity index (χ4n) is 3.56. The highest BCUT2D eigenvalue weighted by molar-refractivity contribution is 6.33. The molecule has 1 amide bonds. The Kier molecular flexibility index (Phi) is 4.71. The smallest absolute Gasteiger partial charge is 0.407 e. The van der Waals surface area contributed by atoms with E-state index in [1.54, 1.807) is 0 Å². The van der Waals surface area contributed by atoms with Gasteiger partial charge in [0, 0.05) is 19.0 Å². The van der Waals surface area contributed by atoms with Gasteiger partial charge in [0.1, 0.15) is 11.1 Å². The molecule has 24 heavy (non-hydrogen) atoms. The van der Waals surface area contributed by atoms with Crippen molar-refractivity contribution in [2.45, 2.75) is 51.7 Å². The molecule has 1 saturated heterocycles. The number of carbonyl (C=O) groups excluding carboxylic acids is 1. The normalized spacial score (nSPS) is 25.7. The van der Waals surface area contributed by atoms with Crippen molar-refractivity contribution in [3.05, 3.63) is 21.6 Å². The number of nitrogens with zero attached hydrogens (tertiary/aromatic N) is 2. The van der Waals surface area contributed by atoms with E-state index in [2.05, 4.69) is 29.4 Å². The highest BCUT2D eigenvalue weighted by atomic mass is 35.5. The number of anilines is 1. The molecule has 1 aromatic heterocycles. The first-order valence-electron chi connectivity index (χ1n) is 8.32. The lowest BCUT2D eigenvalue weighted by atomic mass is 9.87. The second-order valence-electron chi connectivity index (χ2n) is 7.24. The number of hydrogen-bond donors (Lipinski definition) is 2. The van der Waals surface area contributed by atoms with Gasteiger partial charge in [-0.05, 0) is 18.3 Å². The van der Waals surface area contributed by atoms with E-state index >= 15 is 0 Å². The molecule has 1 saturated carbocycles. The number of alkyl carbamates (subject to hydrolysis) is 1. The molecule has 132 valence electrons. The van der Waals surface area contributed by atoms with E-state index in [0.29, 0.717) is 25.2 Å². The topological polar surface area (TPSA) is 87.3 Å². The van der Waals surface area contributed by atoms with Crippen LogP contribution in [0.2, 0.25) is 5.02 Å².